The Morgan fingerprint density at radius 1 is 0.941 bits per heavy atom. The molecule has 0 atom stereocenters. The molecule has 1 fully saturated rings. The van der Waals surface area contributed by atoms with Crippen LogP contribution in [0.5, 0.6) is 0 Å². The minimum Gasteiger partial charge on any atom is -0.459 e. The lowest BCUT2D eigenvalue weighted by Crippen LogP contribution is -2.41. The molecule has 34 heavy (non-hydrogen) atoms. The summed E-state index contributed by atoms with van der Waals surface area (Å²) in [5.74, 6) is -0.537. The second-order valence-electron chi connectivity index (χ2n) is 8.25. The van der Waals surface area contributed by atoms with Crippen LogP contribution in [0.1, 0.15) is 35.4 Å². The van der Waals surface area contributed by atoms with Crippen molar-refractivity contribution in [3.8, 4) is 0 Å². The third-order valence-corrected chi connectivity index (χ3v) is 6.16. The molecule has 3 amide bonds. The number of nitrogens with zero attached hydrogens (tertiary/aromatic N) is 1. The van der Waals surface area contributed by atoms with Gasteiger partial charge in [0, 0.05) is 30.5 Å². The van der Waals surface area contributed by atoms with Gasteiger partial charge in [0.05, 0.1) is 17.6 Å². The predicted octanol–water partition coefficient (Wildman–Crippen LogP) is 5.00. The number of halogens is 1. The molecule has 1 aromatic heterocycles. The van der Waals surface area contributed by atoms with E-state index in [0.29, 0.717) is 55.2 Å². The van der Waals surface area contributed by atoms with Crippen LogP contribution in [-0.4, -0.2) is 35.7 Å². The van der Waals surface area contributed by atoms with Crippen LogP contribution < -0.4 is 10.6 Å². The Balaban J connectivity index is 1.31. The summed E-state index contributed by atoms with van der Waals surface area (Å²) in [5.41, 5.74) is 1.98. The van der Waals surface area contributed by atoms with Crippen LogP contribution >= 0.6 is 11.6 Å². The van der Waals surface area contributed by atoms with Gasteiger partial charge in [-0.15, -0.1) is 0 Å². The monoisotopic (exact) mass is 479 g/mol. The fourth-order valence-corrected chi connectivity index (χ4v) is 4.17. The van der Waals surface area contributed by atoms with Crippen molar-refractivity contribution in [2.24, 2.45) is 5.92 Å². The Morgan fingerprint density at radius 3 is 2.41 bits per heavy atom. The molecule has 0 unspecified atom stereocenters. The molecule has 0 saturated carbocycles. The predicted molar refractivity (Wildman–Crippen MR) is 131 cm³/mol. The number of aryl methyl sites for hydroxylation is 1. The zero-order valence-corrected chi connectivity index (χ0v) is 19.4. The summed E-state index contributed by atoms with van der Waals surface area (Å²) < 4.78 is 5.12. The van der Waals surface area contributed by atoms with E-state index in [1.807, 2.05) is 35.2 Å². The number of carbonyl (C=O) groups excluding carboxylic acids is 3. The zero-order chi connectivity index (χ0) is 23.9. The van der Waals surface area contributed by atoms with E-state index in [1.165, 1.54) is 6.26 Å². The smallest absolute Gasteiger partial charge is 0.291 e. The minimum absolute atomic E-state index is 0.114. The van der Waals surface area contributed by atoms with E-state index in [2.05, 4.69) is 10.6 Å². The van der Waals surface area contributed by atoms with Gasteiger partial charge >= 0.3 is 0 Å². The Kier molecular flexibility index (Phi) is 7.65. The van der Waals surface area contributed by atoms with Gasteiger partial charge in [-0.1, -0.05) is 41.9 Å². The SMILES string of the molecule is O=C(Nc1cc(Cl)ccc1NC(=O)C1CCN(C(=O)CCc2ccccc2)CC1)c1ccco1. The van der Waals surface area contributed by atoms with Gasteiger partial charge in [0.1, 0.15) is 0 Å². The van der Waals surface area contributed by atoms with Gasteiger partial charge in [-0.25, -0.2) is 0 Å². The average molecular weight is 480 g/mol. The fraction of sp³-hybridized carbons (Fsp3) is 0.269. The molecule has 2 heterocycles. The van der Waals surface area contributed by atoms with Gasteiger partial charge in [-0.2, -0.15) is 0 Å². The van der Waals surface area contributed by atoms with Crippen molar-refractivity contribution in [3.63, 3.8) is 0 Å². The maximum Gasteiger partial charge on any atom is 0.291 e. The van der Waals surface area contributed by atoms with Crippen molar-refractivity contribution >= 4 is 40.7 Å². The largest absolute Gasteiger partial charge is 0.459 e. The molecule has 8 heteroatoms. The van der Waals surface area contributed by atoms with Crippen molar-refractivity contribution < 1.29 is 18.8 Å². The van der Waals surface area contributed by atoms with Crippen LogP contribution in [0.15, 0.2) is 71.3 Å². The van der Waals surface area contributed by atoms with Crippen LogP contribution in [0.4, 0.5) is 11.4 Å². The van der Waals surface area contributed by atoms with Crippen LogP contribution in [0.3, 0.4) is 0 Å². The molecule has 7 nitrogen and oxygen atoms in total. The quantitative estimate of drug-likeness (QED) is 0.499. The second-order valence-corrected chi connectivity index (χ2v) is 8.69. The molecule has 0 aliphatic carbocycles. The Hall–Kier alpha value is -3.58. The summed E-state index contributed by atoms with van der Waals surface area (Å²) in [6, 6.07) is 18.0. The molecule has 0 bridgehead atoms. The molecule has 3 aromatic rings. The van der Waals surface area contributed by atoms with Crippen molar-refractivity contribution in [3.05, 3.63) is 83.3 Å². The van der Waals surface area contributed by atoms with Gasteiger partial charge in [-0.05, 0) is 55.2 Å². The highest BCUT2D eigenvalue weighted by Gasteiger charge is 2.27. The summed E-state index contributed by atoms with van der Waals surface area (Å²) >= 11 is 6.10. The summed E-state index contributed by atoms with van der Waals surface area (Å²) in [4.78, 5) is 39.7. The standard InChI is InChI=1S/C26H26ClN3O4/c27-20-9-10-21(22(17-20)29-26(33)23-7-4-16-34-23)28-25(32)19-12-14-30(15-13-19)24(31)11-8-18-5-2-1-3-6-18/h1-7,9-10,16-17,19H,8,11-15H2,(H,28,32)(H,29,33). The number of anilines is 2. The Labute approximate surface area is 203 Å². The van der Waals surface area contributed by atoms with E-state index in [-0.39, 0.29) is 23.5 Å². The average Bonchev–Trinajstić information content (AvgIpc) is 3.40. The third kappa shape index (κ3) is 6.05. The summed E-state index contributed by atoms with van der Waals surface area (Å²) in [6.45, 7) is 1.10. The zero-order valence-electron chi connectivity index (χ0n) is 18.6. The lowest BCUT2D eigenvalue weighted by Gasteiger charge is -2.31. The number of amides is 3. The normalized spacial score (nSPS) is 14.0. The van der Waals surface area contributed by atoms with Gasteiger partial charge in [-0.3, -0.25) is 14.4 Å². The summed E-state index contributed by atoms with van der Waals surface area (Å²) in [6.07, 6.45) is 3.76. The first-order valence-electron chi connectivity index (χ1n) is 11.3. The molecule has 2 aromatic carbocycles. The van der Waals surface area contributed by atoms with Crippen molar-refractivity contribution in [2.75, 3.05) is 23.7 Å². The Bertz CT molecular complexity index is 1140. The van der Waals surface area contributed by atoms with Crippen LogP contribution in [0, 0.1) is 5.92 Å². The van der Waals surface area contributed by atoms with E-state index < -0.39 is 5.91 Å². The molecular formula is C26H26ClN3O4. The van der Waals surface area contributed by atoms with E-state index in [9.17, 15) is 14.4 Å². The number of likely N-dealkylation sites (tertiary alicyclic amines) is 1. The highest BCUT2D eigenvalue weighted by Crippen LogP contribution is 2.28. The van der Waals surface area contributed by atoms with E-state index in [1.54, 1.807) is 30.3 Å². The highest BCUT2D eigenvalue weighted by molar-refractivity contribution is 6.31. The molecule has 0 radical (unpaired) electrons. The van der Waals surface area contributed by atoms with E-state index in [4.69, 9.17) is 16.0 Å². The molecule has 1 aliphatic rings. The number of benzene rings is 2. The molecule has 4 rings (SSSR count). The highest BCUT2D eigenvalue weighted by atomic mass is 35.5. The molecule has 1 saturated heterocycles. The number of piperidine rings is 1. The number of rotatable bonds is 7. The number of nitrogens with one attached hydrogen (secondary N) is 2. The molecule has 2 N–H and O–H groups in total. The number of carbonyl (C=O) groups is 3. The Morgan fingerprint density at radius 2 is 1.71 bits per heavy atom. The molecular weight excluding hydrogens is 454 g/mol. The maximum absolute atomic E-state index is 12.9. The van der Waals surface area contributed by atoms with Gasteiger partial charge in [0.25, 0.3) is 5.91 Å². The number of furan rings is 1. The maximum atomic E-state index is 12.9. The van der Waals surface area contributed by atoms with Crippen LogP contribution in [0.25, 0.3) is 0 Å². The van der Waals surface area contributed by atoms with Crippen molar-refractivity contribution in [2.45, 2.75) is 25.7 Å². The molecule has 176 valence electrons. The van der Waals surface area contributed by atoms with Crippen molar-refractivity contribution in [1.82, 2.24) is 4.90 Å². The fourth-order valence-electron chi connectivity index (χ4n) is 4.00. The summed E-state index contributed by atoms with van der Waals surface area (Å²) in [5, 5.41) is 6.06. The topological polar surface area (TPSA) is 91.7 Å². The van der Waals surface area contributed by atoms with Crippen molar-refractivity contribution in [1.29, 1.82) is 0 Å². The lowest BCUT2D eigenvalue weighted by atomic mass is 9.95. The summed E-state index contributed by atoms with van der Waals surface area (Å²) in [7, 11) is 0. The van der Waals surface area contributed by atoms with Gasteiger partial charge in [0.15, 0.2) is 5.76 Å². The van der Waals surface area contributed by atoms with Gasteiger partial charge in [0.2, 0.25) is 11.8 Å². The molecule has 0 spiro atoms. The second kappa shape index (κ2) is 11.0. The van der Waals surface area contributed by atoms with Crippen LogP contribution in [-0.2, 0) is 16.0 Å². The van der Waals surface area contributed by atoms with E-state index in [0.717, 1.165) is 5.56 Å². The minimum atomic E-state index is -0.440. The third-order valence-electron chi connectivity index (χ3n) is 5.92. The first-order valence-corrected chi connectivity index (χ1v) is 11.6. The van der Waals surface area contributed by atoms with Gasteiger partial charge < -0.3 is 20.0 Å². The van der Waals surface area contributed by atoms with Crippen LogP contribution in [0.2, 0.25) is 5.02 Å². The first kappa shape index (κ1) is 23.6. The number of hydrogen-bond donors (Lipinski definition) is 2. The lowest BCUT2D eigenvalue weighted by molar-refractivity contribution is -0.134. The first-order chi connectivity index (χ1) is 16.5. The number of hydrogen-bond acceptors (Lipinski definition) is 4. The van der Waals surface area contributed by atoms with E-state index >= 15 is 0 Å². The molecule has 1 aliphatic heterocycles.